The number of rotatable bonds is 29. The third-order valence-corrected chi connectivity index (χ3v) is 15.1. The predicted octanol–water partition coefficient (Wildman–Crippen LogP) is 10.0. The van der Waals surface area contributed by atoms with Crippen LogP contribution in [0.4, 0.5) is 20.4 Å². The summed E-state index contributed by atoms with van der Waals surface area (Å²) in [5.74, 6) is -0.318. The molecule has 5 N–H and O–H groups in total. The van der Waals surface area contributed by atoms with Crippen molar-refractivity contribution in [2.24, 2.45) is 0 Å². The van der Waals surface area contributed by atoms with Crippen molar-refractivity contribution in [3.63, 3.8) is 0 Å². The van der Waals surface area contributed by atoms with Crippen LogP contribution in [0, 0.1) is 11.6 Å². The van der Waals surface area contributed by atoms with Crippen LogP contribution < -0.4 is 25.8 Å². The summed E-state index contributed by atoms with van der Waals surface area (Å²) in [7, 11) is -3.22. The molecule has 7 aromatic rings. The van der Waals surface area contributed by atoms with E-state index < -0.39 is 52.2 Å². The van der Waals surface area contributed by atoms with E-state index in [1.807, 2.05) is 66.7 Å². The second-order valence-corrected chi connectivity index (χ2v) is 22.6. The second-order valence-electron chi connectivity index (χ2n) is 21.7. The van der Waals surface area contributed by atoms with E-state index in [0.29, 0.717) is 24.1 Å². The van der Waals surface area contributed by atoms with Gasteiger partial charge < -0.3 is 44.3 Å². The summed E-state index contributed by atoms with van der Waals surface area (Å²) in [4.78, 5) is 63.4. The second kappa shape index (κ2) is 35.7. The van der Waals surface area contributed by atoms with Gasteiger partial charge in [0.1, 0.15) is 24.8 Å². The molecule has 0 spiro atoms. The number of amides is 1. The van der Waals surface area contributed by atoms with Gasteiger partial charge in [0, 0.05) is 63.5 Å². The quantitative estimate of drug-likeness (QED) is 0.0166. The highest BCUT2D eigenvalue weighted by molar-refractivity contribution is 7.79. The lowest BCUT2D eigenvalue weighted by Gasteiger charge is -2.34. The molecule has 0 saturated heterocycles. The highest BCUT2D eigenvalue weighted by atomic mass is 32.3. The van der Waals surface area contributed by atoms with Gasteiger partial charge in [0.15, 0.2) is 23.1 Å². The molecule has 1 unspecified atom stereocenters. The van der Waals surface area contributed by atoms with Crippen molar-refractivity contribution in [3.8, 4) is 11.5 Å². The molecule has 91 heavy (non-hydrogen) atoms. The Morgan fingerprint density at radius 2 is 1.20 bits per heavy atom. The SMILES string of the molecule is CCOC(=O)C[C@@H](c1ccc(OCc2ccccc2)c(F)c1)N(CC(CO)OC)C(=O)CCCCc1ccc2c(n1)NCCC2.CCOC(=O)C[C@@H](c1ccc(OCc2ccccc2)c(F)c1)n1ccn(CCCc2ccc3c(n2)NCCC3)c1=O.O=S(=O)(O)O. The molecule has 2 aliphatic rings. The van der Waals surface area contributed by atoms with Crippen LogP contribution in [-0.2, 0) is 84.4 Å². The van der Waals surface area contributed by atoms with Gasteiger partial charge in [-0.2, -0.15) is 8.42 Å². The number of unbranched alkanes of at least 4 members (excludes halogenated alkanes) is 1. The number of methoxy groups -OCH3 is 1. The molecule has 0 aliphatic carbocycles. The Morgan fingerprint density at radius 1 is 0.681 bits per heavy atom. The van der Waals surface area contributed by atoms with Gasteiger partial charge in [-0.25, -0.2) is 23.5 Å². The topological polar surface area (TPSA) is 272 Å². The van der Waals surface area contributed by atoms with Crippen molar-refractivity contribution in [2.45, 2.75) is 129 Å². The fourth-order valence-electron chi connectivity index (χ4n) is 10.5. The molecule has 488 valence electrons. The van der Waals surface area contributed by atoms with E-state index in [1.165, 1.54) is 52.0 Å². The minimum absolute atomic E-state index is 0.0157. The molecule has 24 heteroatoms. The summed E-state index contributed by atoms with van der Waals surface area (Å²) >= 11 is 0. The van der Waals surface area contributed by atoms with E-state index in [1.54, 1.807) is 42.9 Å². The zero-order valence-electron chi connectivity index (χ0n) is 51.5. The van der Waals surface area contributed by atoms with Crippen LogP contribution in [0.1, 0.15) is 122 Å². The first-order valence-electron chi connectivity index (χ1n) is 30.5. The standard InChI is InChI=1S/C35H44FN3O6.C32H35FN4O4.H2O4S/c1-3-44-34(42)21-31(27-16-18-32(30(36)20-27)45-24-25-10-5-4-6-11-25)39(22-29(23-40)43-2)33(41)14-8-7-13-28-17-15-26-12-9-19-37-35(26)38-28;1-2-40-30(38)21-28(25-13-15-29(27(33)20-25)41-22-23-8-4-3-5-9-23)37-19-18-36(32(37)39)17-7-11-26-14-12-24-10-6-16-34-31(24)35-26;1-5(2,3)4/h4-6,10-11,15-18,20,29,31,40H,3,7-9,12-14,19,21-24H2,1-2H3,(H,37,38);3-5,8-9,12-15,18-20,28H,2,6-7,10-11,16-17,21-22H2,1H3,(H,34,35);(H2,1,2,3,4)/t29?,31-;28-;/m00./s1. The maximum atomic E-state index is 15.4. The van der Waals surface area contributed by atoms with E-state index in [0.717, 1.165) is 98.6 Å². The van der Waals surface area contributed by atoms with Gasteiger partial charge in [0.25, 0.3) is 0 Å². The number of fused-ring (bicyclic) bond motifs is 2. The maximum Gasteiger partial charge on any atom is 0.394 e. The van der Waals surface area contributed by atoms with Crippen LogP contribution in [-0.4, -0.2) is 117 Å². The molecule has 9 rings (SSSR count). The average Bonchev–Trinajstić information content (AvgIpc) is 2.00. The number of ether oxygens (including phenoxy) is 5. The molecule has 21 nitrogen and oxygen atoms in total. The first-order valence-corrected chi connectivity index (χ1v) is 31.9. The number of nitrogens with zero attached hydrogens (tertiary/aromatic N) is 5. The monoisotopic (exact) mass is 1280 g/mol. The fraction of sp³-hybridized carbons (Fsp3) is 0.403. The van der Waals surface area contributed by atoms with Gasteiger partial charge in [-0.15, -0.1) is 0 Å². The molecule has 0 bridgehead atoms. The van der Waals surface area contributed by atoms with Crippen molar-refractivity contribution in [1.82, 2.24) is 24.0 Å². The number of anilines is 2. The van der Waals surface area contributed by atoms with Crippen LogP contribution in [0.2, 0.25) is 0 Å². The largest absolute Gasteiger partial charge is 0.486 e. The number of halogens is 2. The van der Waals surface area contributed by atoms with Gasteiger partial charge in [-0.3, -0.25) is 32.6 Å². The molecule has 0 saturated carbocycles. The van der Waals surface area contributed by atoms with E-state index >= 15 is 8.78 Å². The summed E-state index contributed by atoms with van der Waals surface area (Å²) in [6.45, 7) is 6.27. The highest BCUT2D eigenvalue weighted by Gasteiger charge is 2.31. The first kappa shape index (κ1) is 69.9. The van der Waals surface area contributed by atoms with Crippen molar-refractivity contribution in [1.29, 1.82) is 0 Å². The lowest BCUT2D eigenvalue weighted by molar-refractivity contribution is -0.147. The number of carbonyl (C=O) groups is 3. The minimum atomic E-state index is -4.67. The summed E-state index contributed by atoms with van der Waals surface area (Å²) in [6, 6.07) is 34.7. The maximum absolute atomic E-state index is 15.4. The number of aromatic nitrogens is 4. The molecule has 1 amide bonds. The van der Waals surface area contributed by atoms with Crippen molar-refractivity contribution in [3.05, 3.63) is 201 Å². The van der Waals surface area contributed by atoms with E-state index in [-0.39, 0.29) is 81.9 Å². The summed E-state index contributed by atoms with van der Waals surface area (Å²) in [5.41, 5.74) is 6.86. The number of pyridine rings is 2. The first-order chi connectivity index (χ1) is 43.9. The van der Waals surface area contributed by atoms with Crippen LogP contribution in [0.3, 0.4) is 0 Å². The lowest BCUT2D eigenvalue weighted by atomic mass is 9.99. The Bertz CT molecular complexity index is 3620. The van der Waals surface area contributed by atoms with E-state index in [9.17, 15) is 24.3 Å². The Labute approximate surface area is 529 Å². The molecule has 5 heterocycles. The fourth-order valence-corrected chi connectivity index (χ4v) is 10.5. The van der Waals surface area contributed by atoms with Crippen LogP contribution >= 0.6 is 0 Å². The number of hydrogen-bond acceptors (Lipinski definition) is 16. The van der Waals surface area contributed by atoms with Gasteiger partial charge in [-0.05, 0) is 141 Å². The smallest absolute Gasteiger partial charge is 0.394 e. The number of aliphatic hydroxyl groups is 1. The molecular weight excluding hydrogens is 1200 g/mol. The van der Waals surface area contributed by atoms with Crippen LogP contribution in [0.15, 0.2) is 139 Å². The third kappa shape index (κ3) is 22.4. The Kier molecular flexibility index (Phi) is 27.5. The van der Waals surface area contributed by atoms with Crippen molar-refractivity contribution >= 4 is 39.9 Å². The van der Waals surface area contributed by atoms with Gasteiger partial charge in [0.2, 0.25) is 5.91 Å². The molecule has 0 radical (unpaired) electrons. The number of carbonyl (C=O) groups excluding carboxylic acids is 3. The number of imidazole rings is 1. The summed E-state index contributed by atoms with van der Waals surface area (Å²) in [6.07, 6.45) is 10.4. The molecule has 0 fully saturated rings. The summed E-state index contributed by atoms with van der Waals surface area (Å²) in [5, 5.41) is 16.6. The van der Waals surface area contributed by atoms with Gasteiger partial charge in [0.05, 0.1) is 50.8 Å². The number of aliphatic hydroxyl groups excluding tert-OH is 1. The average molecular weight is 1280 g/mol. The molecule has 4 aromatic carbocycles. The zero-order valence-corrected chi connectivity index (χ0v) is 52.3. The highest BCUT2D eigenvalue weighted by Crippen LogP contribution is 2.32. The Hall–Kier alpha value is -8.55. The van der Waals surface area contributed by atoms with Crippen molar-refractivity contribution < 1.29 is 69.5 Å². The number of esters is 2. The minimum Gasteiger partial charge on any atom is -0.486 e. The molecule has 3 aromatic heterocycles. The summed E-state index contributed by atoms with van der Waals surface area (Å²) < 4.78 is 92.3. The Balaban J connectivity index is 0.000000241. The third-order valence-electron chi connectivity index (χ3n) is 15.1. The van der Waals surface area contributed by atoms with Crippen LogP contribution in [0.25, 0.3) is 0 Å². The normalized spacial score (nSPS) is 13.4. The van der Waals surface area contributed by atoms with Gasteiger partial charge >= 0.3 is 28.0 Å². The number of nitrogens with one attached hydrogen (secondary N) is 2. The van der Waals surface area contributed by atoms with Crippen molar-refractivity contribution in [2.75, 3.05) is 57.2 Å². The molecule has 3 atom stereocenters. The lowest BCUT2D eigenvalue weighted by Crippen LogP contribution is -2.43. The van der Waals surface area contributed by atoms with E-state index in [2.05, 4.69) is 28.8 Å². The predicted molar refractivity (Wildman–Crippen MR) is 338 cm³/mol. The Morgan fingerprint density at radius 3 is 1.71 bits per heavy atom. The molecular formula is C67H81F2N7O14S. The van der Waals surface area contributed by atoms with E-state index in [4.69, 9.17) is 51.2 Å². The van der Waals surface area contributed by atoms with Crippen LogP contribution in [0.5, 0.6) is 11.5 Å². The number of aryl methyl sites for hydroxylation is 5. The molecule has 2 aliphatic heterocycles. The van der Waals surface area contributed by atoms with Gasteiger partial charge in [-0.1, -0.05) is 84.9 Å². The zero-order chi connectivity index (χ0) is 65.1. The number of benzene rings is 4. The number of hydrogen-bond donors (Lipinski definition) is 5.